The first-order valence-corrected chi connectivity index (χ1v) is 9.45. The number of carbonyl (C=O) groups is 2. The third-order valence-corrected chi connectivity index (χ3v) is 4.97. The number of hydrogen-bond acceptors (Lipinski definition) is 5. The van der Waals surface area contributed by atoms with Crippen LogP contribution in [0.25, 0.3) is 0 Å². The summed E-state index contributed by atoms with van der Waals surface area (Å²) in [7, 11) is 0. The predicted octanol–water partition coefficient (Wildman–Crippen LogP) is 1.44. The molecule has 2 aliphatic heterocycles. The third kappa shape index (κ3) is 4.76. The predicted molar refractivity (Wildman–Crippen MR) is 97.4 cm³/mol. The molecule has 7 heteroatoms. The number of ether oxygens (including phenoxy) is 1. The molecule has 0 radical (unpaired) electrons. The lowest BCUT2D eigenvalue weighted by molar-refractivity contribution is -0.142. The van der Waals surface area contributed by atoms with Gasteiger partial charge in [-0.1, -0.05) is 25.5 Å². The maximum atomic E-state index is 13.0. The van der Waals surface area contributed by atoms with Crippen molar-refractivity contribution in [2.24, 2.45) is 11.8 Å². The van der Waals surface area contributed by atoms with Gasteiger partial charge in [0.05, 0.1) is 24.7 Å². The largest absolute Gasteiger partial charge is 0.444 e. The second-order valence-electron chi connectivity index (χ2n) is 8.19. The monoisotopic (exact) mass is 368 g/mol. The summed E-state index contributed by atoms with van der Waals surface area (Å²) >= 11 is 0. The van der Waals surface area contributed by atoms with E-state index in [2.05, 4.69) is 5.32 Å². The SMILES string of the molecule is CCCCN1C(=O)[C@H]2C=C[C@@H]1[C@@H](CO)[C@H](O)C[C@H]2NC(=O)OC(C)(C)C. The van der Waals surface area contributed by atoms with Gasteiger partial charge in [-0.25, -0.2) is 4.79 Å². The van der Waals surface area contributed by atoms with Crippen molar-refractivity contribution < 1.29 is 24.5 Å². The van der Waals surface area contributed by atoms with Crippen molar-refractivity contribution in [2.45, 2.75) is 70.7 Å². The van der Waals surface area contributed by atoms with Gasteiger partial charge in [-0.2, -0.15) is 0 Å². The molecule has 148 valence electrons. The summed E-state index contributed by atoms with van der Waals surface area (Å²) < 4.78 is 5.30. The van der Waals surface area contributed by atoms with E-state index in [0.29, 0.717) is 6.54 Å². The number of carbonyl (C=O) groups excluding carboxylic acids is 2. The molecule has 0 aromatic carbocycles. The summed E-state index contributed by atoms with van der Waals surface area (Å²) in [6.07, 6.45) is 4.23. The molecular formula is C19H32N2O5. The summed E-state index contributed by atoms with van der Waals surface area (Å²) in [5.41, 5.74) is -0.650. The highest BCUT2D eigenvalue weighted by atomic mass is 16.6. The Morgan fingerprint density at radius 3 is 2.65 bits per heavy atom. The molecule has 2 bridgehead atoms. The number of fused-ring (bicyclic) bond motifs is 4. The van der Waals surface area contributed by atoms with E-state index in [1.165, 1.54) is 0 Å². The molecule has 7 nitrogen and oxygen atoms in total. The van der Waals surface area contributed by atoms with E-state index in [-0.39, 0.29) is 25.0 Å². The zero-order valence-electron chi connectivity index (χ0n) is 16.1. The fourth-order valence-electron chi connectivity index (χ4n) is 3.67. The van der Waals surface area contributed by atoms with Crippen LogP contribution in [0.15, 0.2) is 12.2 Å². The Kier molecular flexibility index (Phi) is 6.69. The number of nitrogens with one attached hydrogen (secondary N) is 1. The Labute approximate surface area is 155 Å². The molecule has 2 heterocycles. The number of rotatable bonds is 5. The minimum Gasteiger partial charge on any atom is -0.444 e. The van der Waals surface area contributed by atoms with Crippen molar-refractivity contribution in [3.8, 4) is 0 Å². The van der Waals surface area contributed by atoms with Crippen molar-refractivity contribution in [3.05, 3.63) is 12.2 Å². The molecule has 1 aliphatic carbocycles. The number of amides is 2. The van der Waals surface area contributed by atoms with Gasteiger partial charge < -0.3 is 25.2 Å². The van der Waals surface area contributed by atoms with E-state index in [1.54, 1.807) is 31.7 Å². The first-order valence-electron chi connectivity index (χ1n) is 9.45. The van der Waals surface area contributed by atoms with Crippen LogP contribution in [0, 0.1) is 11.8 Å². The van der Waals surface area contributed by atoms with E-state index in [0.717, 1.165) is 12.8 Å². The van der Waals surface area contributed by atoms with Crippen LogP contribution in [0.1, 0.15) is 47.0 Å². The standard InChI is InChI=1S/C19H32N2O5/c1-5-6-9-21-15-8-7-12(17(21)24)14(10-16(23)13(15)11-22)20-18(25)26-19(2,3)4/h7-8,12-16,22-23H,5-6,9-11H2,1-4H3,(H,20,25)/t12-,13+,14+,15+,16+/m0/s1. The van der Waals surface area contributed by atoms with Crippen molar-refractivity contribution in [3.63, 3.8) is 0 Å². The number of alkyl carbamates (subject to hydrolysis) is 1. The van der Waals surface area contributed by atoms with Crippen LogP contribution in [-0.2, 0) is 9.53 Å². The second-order valence-corrected chi connectivity index (χ2v) is 8.19. The Balaban J connectivity index is 2.26. The lowest BCUT2D eigenvalue weighted by Gasteiger charge is -2.46. The summed E-state index contributed by atoms with van der Waals surface area (Å²) in [4.78, 5) is 27.0. The van der Waals surface area contributed by atoms with Crippen LogP contribution in [-0.4, -0.2) is 64.1 Å². The Hall–Kier alpha value is -1.60. The number of nitrogens with zero attached hydrogens (tertiary/aromatic N) is 1. The third-order valence-electron chi connectivity index (χ3n) is 4.97. The van der Waals surface area contributed by atoms with Gasteiger partial charge in [0.25, 0.3) is 0 Å². The average Bonchev–Trinajstić information content (AvgIpc) is 2.51. The average molecular weight is 368 g/mol. The maximum absolute atomic E-state index is 13.0. The first kappa shape index (κ1) is 20.7. The number of aliphatic hydroxyl groups is 2. The minimum atomic E-state index is -0.824. The van der Waals surface area contributed by atoms with Gasteiger partial charge in [-0.15, -0.1) is 0 Å². The zero-order valence-corrected chi connectivity index (χ0v) is 16.1. The Morgan fingerprint density at radius 2 is 2.08 bits per heavy atom. The summed E-state index contributed by atoms with van der Waals surface area (Å²) in [6, 6.07) is -0.893. The minimum absolute atomic E-state index is 0.0719. The molecule has 0 aromatic rings. The molecule has 2 amide bonds. The highest BCUT2D eigenvalue weighted by Gasteiger charge is 2.45. The van der Waals surface area contributed by atoms with Crippen LogP contribution < -0.4 is 5.32 Å². The van der Waals surface area contributed by atoms with Crippen molar-refractivity contribution in [1.82, 2.24) is 10.2 Å². The van der Waals surface area contributed by atoms with Crippen LogP contribution in [0.3, 0.4) is 0 Å². The van der Waals surface area contributed by atoms with Gasteiger partial charge >= 0.3 is 6.09 Å². The van der Waals surface area contributed by atoms with Crippen LogP contribution in [0.4, 0.5) is 4.79 Å². The van der Waals surface area contributed by atoms with Crippen LogP contribution in [0.5, 0.6) is 0 Å². The van der Waals surface area contributed by atoms with E-state index in [1.807, 2.05) is 13.0 Å². The molecule has 0 saturated carbocycles. The molecule has 3 N–H and O–H groups in total. The highest BCUT2D eigenvalue weighted by Crippen LogP contribution is 2.33. The molecule has 3 aliphatic rings. The molecule has 5 atom stereocenters. The maximum Gasteiger partial charge on any atom is 0.407 e. The van der Waals surface area contributed by atoms with Crippen LogP contribution >= 0.6 is 0 Å². The molecular weight excluding hydrogens is 336 g/mol. The number of aliphatic hydroxyl groups excluding tert-OH is 2. The molecule has 0 spiro atoms. The van der Waals surface area contributed by atoms with Crippen LogP contribution in [0.2, 0.25) is 0 Å². The fraction of sp³-hybridized carbons (Fsp3) is 0.789. The van der Waals surface area contributed by atoms with E-state index in [4.69, 9.17) is 4.74 Å². The summed E-state index contributed by atoms with van der Waals surface area (Å²) in [5, 5.41) is 23.2. The molecule has 0 aromatic heterocycles. The lowest BCUT2D eigenvalue weighted by Crippen LogP contribution is -2.60. The second kappa shape index (κ2) is 8.39. The topological polar surface area (TPSA) is 99.1 Å². The number of hydrogen-bond donors (Lipinski definition) is 3. The van der Waals surface area contributed by atoms with E-state index < -0.39 is 35.7 Å². The molecule has 3 rings (SSSR count). The number of unbranched alkanes of at least 4 members (excludes halogenated alkanes) is 1. The van der Waals surface area contributed by atoms with Crippen molar-refractivity contribution in [2.75, 3.05) is 13.2 Å². The van der Waals surface area contributed by atoms with Gasteiger partial charge in [0.15, 0.2) is 0 Å². The van der Waals surface area contributed by atoms with Gasteiger partial charge in [-0.3, -0.25) is 4.79 Å². The molecule has 26 heavy (non-hydrogen) atoms. The smallest absolute Gasteiger partial charge is 0.407 e. The summed E-state index contributed by atoms with van der Waals surface area (Å²) in [6.45, 7) is 7.70. The highest BCUT2D eigenvalue weighted by molar-refractivity contribution is 5.84. The normalized spacial score (nSPS) is 31.5. The lowest BCUT2D eigenvalue weighted by atomic mass is 9.77. The van der Waals surface area contributed by atoms with E-state index in [9.17, 15) is 19.8 Å². The Morgan fingerprint density at radius 1 is 1.38 bits per heavy atom. The molecule has 0 unspecified atom stereocenters. The van der Waals surface area contributed by atoms with Crippen molar-refractivity contribution in [1.29, 1.82) is 0 Å². The first-order chi connectivity index (χ1) is 12.2. The molecule has 1 fully saturated rings. The Bertz CT molecular complexity index is 543. The summed E-state index contributed by atoms with van der Waals surface area (Å²) in [5.74, 6) is -1.08. The van der Waals surface area contributed by atoms with Gasteiger partial charge in [0.1, 0.15) is 5.60 Å². The van der Waals surface area contributed by atoms with E-state index >= 15 is 0 Å². The molecule has 1 saturated heterocycles. The van der Waals surface area contributed by atoms with Gasteiger partial charge in [0, 0.05) is 18.5 Å². The van der Waals surface area contributed by atoms with Gasteiger partial charge in [0.2, 0.25) is 5.91 Å². The zero-order chi connectivity index (χ0) is 19.5. The fourth-order valence-corrected chi connectivity index (χ4v) is 3.67. The quantitative estimate of drug-likeness (QED) is 0.638. The van der Waals surface area contributed by atoms with Crippen molar-refractivity contribution >= 4 is 12.0 Å². The van der Waals surface area contributed by atoms with Gasteiger partial charge in [-0.05, 0) is 33.6 Å².